The summed E-state index contributed by atoms with van der Waals surface area (Å²) in [5, 5.41) is 75.0. The van der Waals surface area contributed by atoms with E-state index in [4.69, 9.17) is 9.47 Å². The summed E-state index contributed by atoms with van der Waals surface area (Å²) in [6, 6.07) is -1.19. The van der Waals surface area contributed by atoms with Crippen LogP contribution in [-0.4, -0.2) is 110 Å². The lowest BCUT2D eigenvalue weighted by molar-refractivity contribution is -0.303. The molecule has 49 heavy (non-hydrogen) atoms. The van der Waals surface area contributed by atoms with Gasteiger partial charge in [-0.2, -0.15) is 0 Å². The van der Waals surface area contributed by atoms with Crippen molar-refractivity contribution >= 4 is 5.91 Å². The number of unbranched alkanes of at least 4 members (excludes halogenated alkanes) is 14. The topological polar surface area (TPSA) is 189 Å². The van der Waals surface area contributed by atoms with E-state index in [0.717, 1.165) is 38.5 Å². The molecule has 1 heterocycles. The van der Waals surface area contributed by atoms with Gasteiger partial charge in [-0.3, -0.25) is 4.79 Å². The number of carbonyl (C=O) groups excluding carboxylic acids is 1. The standard InChI is InChI=1S/C38H71NO10/c1-3-5-7-9-11-13-15-16-18-20-22-24-26-31(42)37(47)39-29(28-48-38-36(46)35(45)34(44)32(27-40)49-38)33(43)30(41)25-23-21-19-17-14-12-10-8-6-4-2/h16-19,29-36,38,40-46H,3-15,20-28H2,1-2H3,(H,39,47)/b18-16-,19-17+. The summed E-state index contributed by atoms with van der Waals surface area (Å²) in [7, 11) is 0. The molecule has 1 saturated heterocycles. The van der Waals surface area contributed by atoms with Crippen LogP contribution in [0, 0.1) is 0 Å². The third-order valence-electron chi connectivity index (χ3n) is 9.23. The fourth-order valence-corrected chi connectivity index (χ4v) is 5.90. The second-order valence-corrected chi connectivity index (χ2v) is 13.6. The number of hydrogen-bond acceptors (Lipinski definition) is 10. The summed E-state index contributed by atoms with van der Waals surface area (Å²) >= 11 is 0. The molecule has 8 N–H and O–H groups in total. The Balaban J connectivity index is 2.62. The number of aliphatic hydroxyl groups is 7. The Morgan fingerprint density at radius 2 is 1.20 bits per heavy atom. The van der Waals surface area contributed by atoms with Crippen LogP contribution in [0.3, 0.4) is 0 Å². The Kier molecular flexibility index (Phi) is 27.2. The van der Waals surface area contributed by atoms with Crippen molar-refractivity contribution in [3.63, 3.8) is 0 Å². The van der Waals surface area contributed by atoms with E-state index in [2.05, 4.69) is 43.5 Å². The first kappa shape index (κ1) is 45.6. The first-order valence-electron chi connectivity index (χ1n) is 19.2. The number of ether oxygens (including phenoxy) is 2. The molecule has 0 radical (unpaired) electrons. The van der Waals surface area contributed by atoms with Crippen LogP contribution in [0.1, 0.15) is 142 Å². The van der Waals surface area contributed by atoms with Crippen molar-refractivity contribution in [2.75, 3.05) is 13.2 Å². The molecule has 0 aliphatic carbocycles. The van der Waals surface area contributed by atoms with Crippen molar-refractivity contribution in [3.05, 3.63) is 24.3 Å². The number of carbonyl (C=O) groups is 1. The molecule has 1 aliphatic heterocycles. The van der Waals surface area contributed by atoms with Crippen molar-refractivity contribution in [1.82, 2.24) is 5.32 Å². The number of amides is 1. The number of nitrogens with one attached hydrogen (secondary N) is 1. The zero-order chi connectivity index (χ0) is 36.3. The molecule has 0 saturated carbocycles. The highest BCUT2D eigenvalue weighted by molar-refractivity contribution is 5.80. The van der Waals surface area contributed by atoms with Crippen molar-refractivity contribution in [2.24, 2.45) is 0 Å². The van der Waals surface area contributed by atoms with Crippen LogP contribution in [-0.2, 0) is 14.3 Å². The molecular weight excluding hydrogens is 630 g/mol. The van der Waals surface area contributed by atoms with E-state index in [-0.39, 0.29) is 12.8 Å². The molecule has 0 aromatic carbocycles. The van der Waals surface area contributed by atoms with Crippen molar-refractivity contribution < 1.29 is 50.0 Å². The van der Waals surface area contributed by atoms with Gasteiger partial charge in [-0.05, 0) is 64.2 Å². The lowest BCUT2D eigenvalue weighted by Crippen LogP contribution is -2.60. The van der Waals surface area contributed by atoms with E-state index in [1.165, 1.54) is 64.2 Å². The molecule has 9 unspecified atom stereocenters. The molecular formula is C38H71NO10. The van der Waals surface area contributed by atoms with E-state index in [0.29, 0.717) is 12.8 Å². The Morgan fingerprint density at radius 3 is 1.76 bits per heavy atom. The molecule has 11 heteroatoms. The number of aliphatic hydroxyl groups excluding tert-OH is 7. The highest BCUT2D eigenvalue weighted by Crippen LogP contribution is 2.23. The lowest BCUT2D eigenvalue weighted by Gasteiger charge is -2.40. The highest BCUT2D eigenvalue weighted by atomic mass is 16.7. The maximum absolute atomic E-state index is 12.9. The van der Waals surface area contributed by atoms with Crippen LogP contribution in [0.5, 0.6) is 0 Å². The van der Waals surface area contributed by atoms with E-state index >= 15 is 0 Å². The first-order chi connectivity index (χ1) is 23.7. The normalized spacial score (nSPS) is 24.0. The van der Waals surface area contributed by atoms with Crippen LogP contribution in [0.2, 0.25) is 0 Å². The second kappa shape index (κ2) is 29.2. The first-order valence-corrected chi connectivity index (χ1v) is 19.2. The van der Waals surface area contributed by atoms with Gasteiger partial charge < -0.3 is 50.5 Å². The lowest BCUT2D eigenvalue weighted by atomic mass is 9.98. The molecule has 288 valence electrons. The Labute approximate surface area is 295 Å². The van der Waals surface area contributed by atoms with E-state index < -0.39 is 74.2 Å². The quantitative estimate of drug-likeness (QED) is 0.0396. The average molecular weight is 702 g/mol. The zero-order valence-electron chi connectivity index (χ0n) is 30.4. The fraction of sp³-hybridized carbons (Fsp3) is 0.868. The summed E-state index contributed by atoms with van der Waals surface area (Å²) in [5.41, 5.74) is 0. The number of hydrogen-bond donors (Lipinski definition) is 8. The van der Waals surface area contributed by atoms with E-state index in [1.807, 2.05) is 0 Å². The summed E-state index contributed by atoms with van der Waals surface area (Å²) in [5.74, 6) is -0.728. The molecule has 1 rings (SSSR count). The van der Waals surface area contributed by atoms with Crippen molar-refractivity contribution in [1.29, 1.82) is 0 Å². The summed E-state index contributed by atoms with van der Waals surface area (Å²) in [4.78, 5) is 12.9. The third kappa shape index (κ3) is 20.3. The molecule has 1 aliphatic rings. The van der Waals surface area contributed by atoms with Gasteiger partial charge in [-0.15, -0.1) is 0 Å². The smallest absolute Gasteiger partial charge is 0.249 e. The monoisotopic (exact) mass is 702 g/mol. The molecule has 0 bridgehead atoms. The minimum absolute atomic E-state index is 0.223. The Bertz CT molecular complexity index is 856. The molecule has 1 amide bonds. The van der Waals surface area contributed by atoms with Gasteiger partial charge in [0.2, 0.25) is 5.91 Å². The summed E-state index contributed by atoms with van der Waals surface area (Å²) in [6.07, 6.45) is 16.8. The Morgan fingerprint density at radius 1 is 0.694 bits per heavy atom. The third-order valence-corrected chi connectivity index (χ3v) is 9.23. The van der Waals surface area contributed by atoms with Gasteiger partial charge in [0.05, 0.1) is 25.4 Å². The van der Waals surface area contributed by atoms with E-state index in [9.17, 15) is 40.5 Å². The molecule has 0 aromatic rings. The maximum atomic E-state index is 12.9. The SMILES string of the molecule is CCCCCCC/C=C/CCCC(O)C(O)C(COC1OC(CO)C(O)C(O)C1O)NC(=O)C(O)CCCC/C=C\CCCCCCCC. The van der Waals surface area contributed by atoms with Gasteiger partial charge >= 0.3 is 0 Å². The molecule has 1 fully saturated rings. The molecule has 0 spiro atoms. The predicted octanol–water partition coefficient (Wildman–Crippen LogP) is 4.32. The maximum Gasteiger partial charge on any atom is 0.249 e. The highest BCUT2D eigenvalue weighted by Gasteiger charge is 2.44. The van der Waals surface area contributed by atoms with Gasteiger partial charge in [0, 0.05) is 0 Å². The van der Waals surface area contributed by atoms with Crippen LogP contribution in [0.4, 0.5) is 0 Å². The van der Waals surface area contributed by atoms with Gasteiger partial charge in [0.25, 0.3) is 0 Å². The average Bonchev–Trinajstić information content (AvgIpc) is 3.10. The van der Waals surface area contributed by atoms with Crippen LogP contribution in [0.25, 0.3) is 0 Å². The van der Waals surface area contributed by atoms with Gasteiger partial charge in [-0.1, -0.05) is 102 Å². The molecule has 11 nitrogen and oxygen atoms in total. The molecule has 0 aromatic heterocycles. The van der Waals surface area contributed by atoms with Crippen LogP contribution in [0.15, 0.2) is 24.3 Å². The summed E-state index contributed by atoms with van der Waals surface area (Å²) < 4.78 is 11.0. The number of rotatable bonds is 30. The zero-order valence-corrected chi connectivity index (χ0v) is 30.4. The van der Waals surface area contributed by atoms with Gasteiger partial charge in [-0.25, -0.2) is 0 Å². The minimum Gasteiger partial charge on any atom is -0.394 e. The minimum atomic E-state index is -1.67. The summed E-state index contributed by atoms with van der Waals surface area (Å²) in [6.45, 7) is 3.32. The van der Waals surface area contributed by atoms with Gasteiger partial charge in [0.15, 0.2) is 6.29 Å². The second-order valence-electron chi connectivity index (χ2n) is 13.6. The van der Waals surface area contributed by atoms with Crippen LogP contribution < -0.4 is 5.32 Å². The largest absolute Gasteiger partial charge is 0.394 e. The predicted molar refractivity (Wildman–Crippen MR) is 192 cm³/mol. The van der Waals surface area contributed by atoms with Crippen molar-refractivity contribution in [2.45, 2.75) is 197 Å². The number of allylic oxidation sites excluding steroid dienone is 4. The van der Waals surface area contributed by atoms with Gasteiger partial charge in [0.1, 0.15) is 36.6 Å². The van der Waals surface area contributed by atoms with E-state index in [1.54, 1.807) is 0 Å². The molecule has 9 atom stereocenters. The van der Waals surface area contributed by atoms with Crippen LogP contribution >= 0.6 is 0 Å². The fourth-order valence-electron chi connectivity index (χ4n) is 5.90. The van der Waals surface area contributed by atoms with Crippen molar-refractivity contribution in [3.8, 4) is 0 Å². The Hall–Kier alpha value is -1.41.